The number of carbonyl (C=O) groups excluding carboxylic acids is 3. The predicted molar refractivity (Wildman–Crippen MR) is 122 cm³/mol. The van der Waals surface area contributed by atoms with Crippen LogP contribution < -0.4 is 16.0 Å². The molecule has 2 heterocycles. The normalized spacial score (nSPS) is 22.2. The lowest BCUT2D eigenvalue weighted by Gasteiger charge is -2.34. The van der Waals surface area contributed by atoms with Gasteiger partial charge in [0.2, 0.25) is 11.8 Å². The van der Waals surface area contributed by atoms with Gasteiger partial charge in [0.25, 0.3) is 0 Å². The number of carbonyl (C=O) groups is 3. The molecule has 3 N–H and O–H groups in total. The summed E-state index contributed by atoms with van der Waals surface area (Å²) in [6.07, 6.45) is -4.19. The van der Waals surface area contributed by atoms with Crippen molar-refractivity contribution >= 4 is 35.3 Å². The number of anilines is 1. The third-order valence-corrected chi connectivity index (χ3v) is 6.81. The number of halogens is 3. The minimum absolute atomic E-state index is 0.183. The van der Waals surface area contributed by atoms with E-state index in [1.807, 2.05) is 30.3 Å². The van der Waals surface area contributed by atoms with Gasteiger partial charge in [-0.3, -0.25) is 9.59 Å². The maximum Gasteiger partial charge on any atom is 0.416 e. The van der Waals surface area contributed by atoms with E-state index in [1.165, 1.54) is 4.90 Å². The van der Waals surface area contributed by atoms with Gasteiger partial charge in [-0.25, -0.2) is 4.79 Å². The zero-order valence-corrected chi connectivity index (χ0v) is 18.8. The number of nitrogens with zero attached hydrogens (tertiary/aromatic N) is 1. The molecule has 180 valence electrons. The third-order valence-electron chi connectivity index (χ3n) is 5.70. The Balaban J connectivity index is 1.28. The van der Waals surface area contributed by atoms with E-state index in [9.17, 15) is 27.6 Å². The number of urea groups is 1. The Morgan fingerprint density at radius 1 is 1.09 bits per heavy atom. The van der Waals surface area contributed by atoms with Crippen LogP contribution in [0, 0.1) is 0 Å². The minimum Gasteiger partial charge on any atom is -0.342 e. The molecule has 0 spiro atoms. The number of amides is 4. The zero-order valence-electron chi connectivity index (χ0n) is 18.0. The summed E-state index contributed by atoms with van der Waals surface area (Å²) < 4.78 is 38.0. The number of piperazine rings is 1. The van der Waals surface area contributed by atoms with E-state index in [0.717, 1.165) is 35.6 Å². The Hall–Kier alpha value is -3.21. The van der Waals surface area contributed by atoms with Crippen LogP contribution >= 0.6 is 11.8 Å². The molecule has 2 saturated heterocycles. The summed E-state index contributed by atoms with van der Waals surface area (Å²) in [5.74, 6) is 0.725. The van der Waals surface area contributed by atoms with Crippen molar-refractivity contribution in [3.05, 3.63) is 65.7 Å². The van der Waals surface area contributed by atoms with Gasteiger partial charge in [0.1, 0.15) is 12.1 Å². The second kappa shape index (κ2) is 9.96. The number of alkyl halides is 3. The Bertz CT molecular complexity index is 1050. The summed E-state index contributed by atoms with van der Waals surface area (Å²) in [5.41, 5.74) is 0.516. The van der Waals surface area contributed by atoms with Crippen LogP contribution in [0.25, 0.3) is 0 Å². The van der Waals surface area contributed by atoms with Crippen LogP contribution in [0.15, 0.2) is 54.6 Å². The summed E-state index contributed by atoms with van der Waals surface area (Å²) >= 11 is 1.56. The van der Waals surface area contributed by atoms with Crippen LogP contribution in [0.3, 0.4) is 0 Å². The Labute approximate surface area is 198 Å². The quantitative estimate of drug-likeness (QED) is 0.578. The van der Waals surface area contributed by atoms with Crippen LogP contribution in [0.4, 0.5) is 23.7 Å². The molecule has 2 fully saturated rings. The van der Waals surface area contributed by atoms with Crippen LogP contribution in [-0.2, 0) is 21.5 Å². The molecule has 0 unspecified atom stereocenters. The minimum atomic E-state index is -4.46. The Kier molecular flexibility index (Phi) is 7.01. The van der Waals surface area contributed by atoms with Crippen molar-refractivity contribution in [2.75, 3.05) is 17.6 Å². The topological polar surface area (TPSA) is 90.5 Å². The van der Waals surface area contributed by atoms with Gasteiger partial charge in [-0.1, -0.05) is 30.3 Å². The van der Waals surface area contributed by atoms with Crippen molar-refractivity contribution < 1.29 is 27.6 Å². The van der Waals surface area contributed by atoms with Crippen LogP contribution in [0.2, 0.25) is 0 Å². The fourth-order valence-corrected chi connectivity index (χ4v) is 5.05. The highest BCUT2D eigenvalue weighted by molar-refractivity contribution is 7.98. The molecule has 3 atom stereocenters. The van der Waals surface area contributed by atoms with Crippen molar-refractivity contribution in [2.24, 2.45) is 0 Å². The smallest absolute Gasteiger partial charge is 0.342 e. The highest BCUT2D eigenvalue weighted by Crippen LogP contribution is 2.30. The van der Waals surface area contributed by atoms with Gasteiger partial charge in [-0.05, 0) is 36.2 Å². The number of hydrogen-bond acceptors (Lipinski definition) is 4. The van der Waals surface area contributed by atoms with Gasteiger partial charge in [0.15, 0.2) is 0 Å². The van der Waals surface area contributed by atoms with Crippen molar-refractivity contribution in [3.63, 3.8) is 0 Å². The summed E-state index contributed by atoms with van der Waals surface area (Å²) in [6.45, 7) is 0.192. The molecule has 0 bridgehead atoms. The molecule has 0 aliphatic carbocycles. The zero-order chi connectivity index (χ0) is 24.3. The van der Waals surface area contributed by atoms with E-state index in [2.05, 4.69) is 16.0 Å². The standard InChI is InChI=1S/C23H23F3N4O3S/c24-23(25,26)15-6-8-16(9-7-15)27-22(33)28-17-10-19-20(31)29-18(21(32)30(19)11-17)13-34-12-14-4-2-1-3-5-14/h1-9,17-19H,10-13H2,(H,29,31)(H2,27,28,33)/t17-,18-,19-/m0/s1. The lowest BCUT2D eigenvalue weighted by molar-refractivity contribution is -0.146. The SMILES string of the molecule is O=C(Nc1ccc(C(F)(F)F)cc1)N[C@H]1C[C@H]2C(=O)N[C@@H](CSCc3ccccc3)C(=O)N2C1. The molecule has 0 radical (unpaired) electrons. The van der Waals surface area contributed by atoms with Crippen LogP contribution in [0.5, 0.6) is 0 Å². The van der Waals surface area contributed by atoms with Crippen LogP contribution in [-0.4, -0.2) is 53.2 Å². The first-order valence-electron chi connectivity index (χ1n) is 10.7. The summed E-state index contributed by atoms with van der Waals surface area (Å²) in [4.78, 5) is 39.3. The molecule has 2 aliphatic heterocycles. The lowest BCUT2D eigenvalue weighted by atomic mass is 10.1. The molecule has 7 nitrogen and oxygen atoms in total. The Morgan fingerprint density at radius 3 is 2.47 bits per heavy atom. The van der Waals surface area contributed by atoms with Crippen molar-refractivity contribution in [1.82, 2.24) is 15.5 Å². The molecule has 0 saturated carbocycles. The lowest BCUT2D eigenvalue weighted by Crippen LogP contribution is -2.61. The van der Waals surface area contributed by atoms with Crippen molar-refractivity contribution in [2.45, 2.75) is 36.5 Å². The first-order chi connectivity index (χ1) is 16.2. The monoisotopic (exact) mass is 492 g/mol. The van der Waals surface area contributed by atoms with Crippen molar-refractivity contribution in [3.8, 4) is 0 Å². The van der Waals surface area contributed by atoms with E-state index in [0.29, 0.717) is 5.75 Å². The average Bonchev–Trinajstić information content (AvgIpc) is 3.22. The molecule has 2 aromatic rings. The number of rotatable bonds is 6. The highest BCUT2D eigenvalue weighted by atomic mass is 32.2. The molecule has 2 aromatic carbocycles. The third kappa shape index (κ3) is 5.64. The summed E-state index contributed by atoms with van der Waals surface area (Å²) in [7, 11) is 0. The number of hydrogen-bond donors (Lipinski definition) is 3. The maximum atomic E-state index is 12.9. The molecule has 11 heteroatoms. The van der Waals surface area contributed by atoms with Gasteiger partial charge in [-0.15, -0.1) is 0 Å². The van der Waals surface area contributed by atoms with E-state index >= 15 is 0 Å². The molecule has 34 heavy (non-hydrogen) atoms. The fourth-order valence-electron chi connectivity index (χ4n) is 4.04. The summed E-state index contributed by atoms with van der Waals surface area (Å²) in [5, 5.41) is 7.96. The number of fused-ring (bicyclic) bond motifs is 1. The maximum absolute atomic E-state index is 12.9. The Morgan fingerprint density at radius 2 is 1.79 bits per heavy atom. The fraction of sp³-hybridized carbons (Fsp3) is 0.348. The summed E-state index contributed by atoms with van der Waals surface area (Å²) in [6, 6.07) is 11.5. The van der Waals surface area contributed by atoms with Gasteiger partial charge in [0, 0.05) is 23.7 Å². The van der Waals surface area contributed by atoms with E-state index in [-0.39, 0.29) is 30.5 Å². The van der Waals surface area contributed by atoms with E-state index < -0.39 is 35.9 Å². The first kappa shape index (κ1) is 23.9. The molecular formula is C23H23F3N4O3S. The number of benzene rings is 2. The van der Waals surface area contributed by atoms with Gasteiger partial charge < -0.3 is 20.9 Å². The van der Waals surface area contributed by atoms with Gasteiger partial charge in [0.05, 0.1) is 11.6 Å². The van der Waals surface area contributed by atoms with E-state index in [4.69, 9.17) is 0 Å². The first-order valence-corrected chi connectivity index (χ1v) is 11.8. The predicted octanol–water partition coefficient (Wildman–Crippen LogP) is 3.23. The number of nitrogens with one attached hydrogen (secondary N) is 3. The second-order valence-corrected chi connectivity index (χ2v) is 9.20. The molecule has 2 aliphatic rings. The largest absolute Gasteiger partial charge is 0.416 e. The van der Waals surface area contributed by atoms with Gasteiger partial charge in [-0.2, -0.15) is 24.9 Å². The van der Waals surface area contributed by atoms with Crippen molar-refractivity contribution in [1.29, 1.82) is 0 Å². The molecule has 4 rings (SSSR count). The van der Waals surface area contributed by atoms with Gasteiger partial charge >= 0.3 is 12.2 Å². The average molecular weight is 493 g/mol. The molecule has 4 amide bonds. The number of thioether (sulfide) groups is 1. The van der Waals surface area contributed by atoms with E-state index in [1.54, 1.807) is 11.8 Å². The molecule has 0 aromatic heterocycles. The second-order valence-electron chi connectivity index (χ2n) is 8.17. The highest BCUT2D eigenvalue weighted by Gasteiger charge is 2.46. The van der Waals surface area contributed by atoms with Crippen LogP contribution in [0.1, 0.15) is 17.5 Å². The molecular weight excluding hydrogens is 469 g/mol.